The first-order chi connectivity index (χ1) is 9.58. The van der Waals surface area contributed by atoms with Gasteiger partial charge in [-0.05, 0) is 43.7 Å². The SMILES string of the molecule is CCCNCc1cc(F)ccc1N(C)CC(=O)NCC. The van der Waals surface area contributed by atoms with Gasteiger partial charge < -0.3 is 15.5 Å². The van der Waals surface area contributed by atoms with Gasteiger partial charge in [0.15, 0.2) is 0 Å². The number of rotatable bonds is 8. The Bertz CT molecular complexity index is 437. The largest absolute Gasteiger partial charge is 0.365 e. The third kappa shape index (κ3) is 5.17. The summed E-state index contributed by atoms with van der Waals surface area (Å²) in [6.07, 6.45) is 1.03. The van der Waals surface area contributed by atoms with Crippen molar-refractivity contribution in [3.63, 3.8) is 0 Å². The van der Waals surface area contributed by atoms with Crippen molar-refractivity contribution in [1.29, 1.82) is 0 Å². The van der Waals surface area contributed by atoms with Crippen LogP contribution in [0.2, 0.25) is 0 Å². The Kier molecular flexibility index (Phi) is 7.01. The molecule has 0 unspecified atom stereocenters. The summed E-state index contributed by atoms with van der Waals surface area (Å²) in [4.78, 5) is 13.5. The molecule has 1 aromatic rings. The molecule has 0 heterocycles. The highest BCUT2D eigenvalue weighted by Gasteiger charge is 2.11. The van der Waals surface area contributed by atoms with Crippen LogP contribution >= 0.6 is 0 Å². The van der Waals surface area contributed by atoms with Crippen LogP contribution in [-0.4, -0.2) is 32.6 Å². The van der Waals surface area contributed by atoms with Crippen molar-refractivity contribution in [2.75, 3.05) is 31.6 Å². The number of benzene rings is 1. The molecule has 5 heteroatoms. The van der Waals surface area contributed by atoms with E-state index in [1.54, 1.807) is 6.07 Å². The van der Waals surface area contributed by atoms with E-state index in [-0.39, 0.29) is 18.3 Å². The predicted molar refractivity (Wildman–Crippen MR) is 80.4 cm³/mol. The third-order valence-corrected chi connectivity index (χ3v) is 2.95. The number of amides is 1. The lowest BCUT2D eigenvalue weighted by Crippen LogP contribution is -2.35. The van der Waals surface area contributed by atoms with Gasteiger partial charge in [0.05, 0.1) is 6.54 Å². The summed E-state index contributed by atoms with van der Waals surface area (Å²) >= 11 is 0. The molecule has 0 fully saturated rings. The maximum atomic E-state index is 13.4. The fraction of sp³-hybridized carbons (Fsp3) is 0.533. The summed E-state index contributed by atoms with van der Waals surface area (Å²) in [5.41, 5.74) is 1.74. The molecule has 0 aliphatic carbocycles. The minimum absolute atomic E-state index is 0.0354. The van der Waals surface area contributed by atoms with E-state index in [4.69, 9.17) is 0 Å². The summed E-state index contributed by atoms with van der Waals surface area (Å²) in [6, 6.07) is 4.66. The number of carbonyl (C=O) groups is 1. The van der Waals surface area contributed by atoms with E-state index < -0.39 is 0 Å². The molecule has 0 atom stereocenters. The normalized spacial score (nSPS) is 10.4. The summed E-state index contributed by atoms with van der Waals surface area (Å²) in [7, 11) is 1.84. The number of hydrogen-bond acceptors (Lipinski definition) is 3. The van der Waals surface area contributed by atoms with Gasteiger partial charge in [0, 0.05) is 25.8 Å². The lowest BCUT2D eigenvalue weighted by molar-refractivity contribution is -0.119. The van der Waals surface area contributed by atoms with Gasteiger partial charge in [-0.1, -0.05) is 6.92 Å². The van der Waals surface area contributed by atoms with Crippen molar-refractivity contribution in [2.24, 2.45) is 0 Å². The number of halogens is 1. The molecule has 1 rings (SSSR count). The van der Waals surface area contributed by atoms with Crippen LogP contribution < -0.4 is 15.5 Å². The van der Waals surface area contributed by atoms with Crippen molar-refractivity contribution in [3.8, 4) is 0 Å². The van der Waals surface area contributed by atoms with Crippen LogP contribution in [0.25, 0.3) is 0 Å². The molecular weight excluding hydrogens is 257 g/mol. The Balaban J connectivity index is 2.78. The quantitative estimate of drug-likeness (QED) is 0.715. The molecule has 20 heavy (non-hydrogen) atoms. The molecule has 0 bridgehead atoms. The highest BCUT2D eigenvalue weighted by Crippen LogP contribution is 2.20. The Labute approximate surface area is 120 Å². The maximum absolute atomic E-state index is 13.4. The molecule has 0 radical (unpaired) electrons. The molecule has 0 spiro atoms. The van der Waals surface area contributed by atoms with E-state index in [9.17, 15) is 9.18 Å². The van der Waals surface area contributed by atoms with Crippen molar-refractivity contribution in [2.45, 2.75) is 26.8 Å². The van der Waals surface area contributed by atoms with E-state index in [1.807, 2.05) is 18.9 Å². The van der Waals surface area contributed by atoms with Crippen LogP contribution in [-0.2, 0) is 11.3 Å². The van der Waals surface area contributed by atoms with E-state index >= 15 is 0 Å². The van der Waals surface area contributed by atoms with Crippen LogP contribution in [0.5, 0.6) is 0 Å². The smallest absolute Gasteiger partial charge is 0.239 e. The van der Waals surface area contributed by atoms with Gasteiger partial charge in [-0.25, -0.2) is 4.39 Å². The van der Waals surface area contributed by atoms with Gasteiger partial charge in [0.25, 0.3) is 0 Å². The van der Waals surface area contributed by atoms with Crippen molar-refractivity contribution in [1.82, 2.24) is 10.6 Å². The fourth-order valence-corrected chi connectivity index (χ4v) is 2.02. The van der Waals surface area contributed by atoms with E-state index in [1.165, 1.54) is 12.1 Å². The number of anilines is 1. The molecule has 4 nitrogen and oxygen atoms in total. The van der Waals surface area contributed by atoms with Gasteiger partial charge in [-0.15, -0.1) is 0 Å². The fourth-order valence-electron chi connectivity index (χ4n) is 2.02. The van der Waals surface area contributed by atoms with Crippen LogP contribution in [0.3, 0.4) is 0 Å². The molecule has 0 aromatic heterocycles. The third-order valence-electron chi connectivity index (χ3n) is 2.95. The molecule has 1 amide bonds. The zero-order valence-electron chi connectivity index (χ0n) is 12.5. The topological polar surface area (TPSA) is 44.4 Å². The number of likely N-dealkylation sites (N-methyl/N-ethyl adjacent to an activating group) is 2. The zero-order valence-corrected chi connectivity index (χ0v) is 12.5. The lowest BCUT2D eigenvalue weighted by atomic mass is 10.1. The Hall–Kier alpha value is -1.62. The summed E-state index contributed by atoms with van der Waals surface area (Å²) < 4.78 is 13.4. The van der Waals surface area contributed by atoms with E-state index in [2.05, 4.69) is 17.6 Å². The Morgan fingerprint density at radius 1 is 1.35 bits per heavy atom. The second-order valence-corrected chi connectivity index (χ2v) is 4.76. The van der Waals surface area contributed by atoms with Crippen molar-refractivity contribution < 1.29 is 9.18 Å². The van der Waals surface area contributed by atoms with Gasteiger partial charge >= 0.3 is 0 Å². The predicted octanol–water partition coefficient (Wildman–Crippen LogP) is 1.90. The Morgan fingerprint density at radius 2 is 2.10 bits per heavy atom. The lowest BCUT2D eigenvalue weighted by Gasteiger charge is -2.22. The van der Waals surface area contributed by atoms with Crippen molar-refractivity contribution in [3.05, 3.63) is 29.6 Å². The second-order valence-electron chi connectivity index (χ2n) is 4.76. The Morgan fingerprint density at radius 3 is 2.75 bits per heavy atom. The molecule has 1 aromatic carbocycles. The molecule has 0 saturated carbocycles. The number of nitrogens with one attached hydrogen (secondary N) is 2. The molecule has 0 aliphatic rings. The van der Waals surface area contributed by atoms with E-state index in [0.29, 0.717) is 13.1 Å². The van der Waals surface area contributed by atoms with Crippen LogP contribution in [0.15, 0.2) is 18.2 Å². The highest BCUT2D eigenvalue weighted by molar-refractivity contribution is 5.81. The summed E-state index contributed by atoms with van der Waals surface area (Å²) in [5, 5.41) is 6.02. The van der Waals surface area contributed by atoms with Gasteiger partial charge in [-0.3, -0.25) is 4.79 Å². The van der Waals surface area contributed by atoms with Gasteiger partial charge in [-0.2, -0.15) is 0 Å². The first-order valence-electron chi connectivity index (χ1n) is 7.05. The first-order valence-corrected chi connectivity index (χ1v) is 7.05. The van der Waals surface area contributed by atoms with Crippen LogP contribution in [0, 0.1) is 5.82 Å². The van der Waals surface area contributed by atoms with Crippen LogP contribution in [0.1, 0.15) is 25.8 Å². The molecule has 112 valence electrons. The zero-order chi connectivity index (χ0) is 15.0. The summed E-state index contributed by atoms with van der Waals surface area (Å²) in [5.74, 6) is -0.291. The minimum atomic E-state index is -0.256. The standard InChI is InChI=1S/C15H24FN3O/c1-4-8-17-10-12-9-13(16)6-7-14(12)19(3)11-15(20)18-5-2/h6-7,9,17H,4-5,8,10-11H2,1-3H3,(H,18,20). The van der Waals surface area contributed by atoms with Gasteiger partial charge in [0.1, 0.15) is 5.82 Å². The second kappa shape index (κ2) is 8.53. The summed E-state index contributed by atoms with van der Waals surface area (Å²) in [6.45, 7) is 6.33. The van der Waals surface area contributed by atoms with E-state index in [0.717, 1.165) is 24.2 Å². The molecule has 2 N–H and O–H groups in total. The van der Waals surface area contributed by atoms with Gasteiger partial charge in [0.2, 0.25) is 5.91 Å². The van der Waals surface area contributed by atoms with Crippen molar-refractivity contribution >= 4 is 11.6 Å². The maximum Gasteiger partial charge on any atom is 0.239 e. The average Bonchev–Trinajstić information content (AvgIpc) is 2.39. The minimum Gasteiger partial charge on any atom is -0.365 e. The number of carbonyl (C=O) groups excluding carboxylic acids is 1. The number of hydrogen-bond donors (Lipinski definition) is 2. The molecule has 0 aliphatic heterocycles. The number of nitrogens with zero attached hydrogens (tertiary/aromatic N) is 1. The monoisotopic (exact) mass is 281 g/mol. The molecular formula is C15H24FN3O. The van der Waals surface area contributed by atoms with Crippen LogP contribution in [0.4, 0.5) is 10.1 Å². The molecule has 0 saturated heterocycles. The average molecular weight is 281 g/mol. The first kappa shape index (κ1) is 16.4. The highest BCUT2D eigenvalue weighted by atomic mass is 19.1.